The van der Waals surface area contributed by atoms with Crippen LogP contribution < -0.4 is 5.32 Å². The van der Waals surface area contributed by atoms with Crippen LogP contribution in [0.15, 0.2) is 28.8 Å². The van der Waals surface area contributed by atoms with Crippen molar-refractivity contribution in [3.8, 4) is 0 Å². The number of guanidine groups is 1. The third kappa shape index (κ3) is 2.53. The van der Waals surface area contributed by atoms with Crippen LogP contribution in [0.3, 0.4) is 0 Å². The first-order valence-corrected chi connectivity index (χ1v) is 7.02. The summed E-state index contributed by atoms with van der Waals surface area (Å²) in [5.41, 5.74) is 1.29. The van der Waals surface area contributed by atoms with Gasteiger partial charge in [0.05, 0.1) is 18.7 Å². The number of aliphatic hydroxyl groups is 2. The van der Waals surface area contributed by atoms with Crippen LogP contribution in [0.2, 0.25) is 0 Å². The van der Waals surface area contributed by atoms with Gasteiger partial charge in [-0.25, -0.2) is 0 Å². The summed E-state index contributed by atoms with van der Waals surface area (Å²) in [6.07, 6.45) is 8.12. The maximum absolute atomic E-state index is 9.97. The van der Waals surface area contributed by atoms with E-state index in [4.69, 9.17) is 0 Å². The predicted octanol–water partition coefficient (Wildman–Crippen LogP) is 0.0181. The Hall–Kier alpha value is -1.33. The first-order chi connectivity index (χ1) is 9.25. The first kappa shape index (κ1) is 12.7. The van der Waals surface area contributed by atoms with Gasteiger partial charge in [0.2, 0.25) is 0 Å². The van der Waals surface area contributed by atoms with Crippen molar-refractivity contribution in [2.45, 2.75) is 37.5 Å². The number of aliphatic hydroxyl groups excluding tert-OH is 2. The Bertz CT molecular complexity index is 430. The Morgan fingerprint density at radius 3 is 3.05 bits per heavy atom. The van der Waals surface area contributed by atoms with Crippen LogP contribution in [-0.4, -0.2) is 59.0 Å². The lowest BCUT2D eigenvalue weighted by Crippen LogP contribution is -2.57. The van der Waals surface area contributed by atoms with Gasteiger partial charge < -0.3 is 20.4 Å². The quantitative estimate of drug-likeness (QED) is 0.657. The van der Waals surface area contributed by atoms with Crippen LogP contribution in [0.25, 0.3) is 0 Å². The summed E-state index contributed by atoms with van der Waals surface area (Å²) in [6.45, 7) is 2.09. The fourth-order valence-corrected chi connectivity index (χ4v) is 2.93. The van der Waals surface area contributed by atoms with E-state index in [-0.39, 0.29) is 6.04 Å². The van der Waals surface area contributed by atoms with Gasteiger partial charge >= 0.3 is 0 Å². The SMILES string of the molecule is OC1CCN2C(NCC3=CCCC=C3)=NCC2C1O. The number of allylic oxidation sites excluding steroid dienone is 2. The molecule has 104 valence electrons. The Labute approximate surface area is 113 Å². The summed E-state index contributed by atoms with van der Waals surface area (Å²) < 4.78 is 0. The molecule has 3 aliphatic rings. The van der Waals surface area contributed by atoms with Gasteiger partial charge in [0.15, 0.2) is 5.96 Å². The number of nitrogens with one attached hydrogen (secondary N) is 1. The molecule has 3 rings (SSSR count). The highest BCUT2D eigenvalue weighted by atomic mass is 16.3. The molecule has 0 aromatic rings. The third-order valence-corrected chi connectivity index (χ3v) is 4.08. The minimum atomic E-state index is -0.689. The second-order valence-corrected chi connectivity index (χ2v) is 5.38. The first-order valence-electron chi connectivity index (χ1n) is 7.02. The maximum atomic E-state index is 9.97. The molecule has 1 aliphatic carbocycles. The molecule has 2 aliphatic heterocycles. The monoisotopic (exact) mass is 263 g/mol. The molecule has 0 spiro atoms. The second-order valence-electron chi connectivity index (χ2n) is 5.38. The zero-order valence-corrected chi connectivity index (χ0v) is 11.0. The molecule has 3 N–H and O–H groups in total. The van der Waals surface area contributed by atoms with Gasteiger partial charge in [-0.15, -0.1) is 0 Å². The molecule has 1 saturated heterocycles. The lowest BCUT2D eigenvalue weighted by molar-refractivity contribution is -0.0495. The minimum absolute atomic E-state index is 0.0675. The average Bonchev–Trinajstić information content (AvgIpc) is 2.86. The summed E-state index contributed by atoms with van der Waals surface area (Å²) in [5, 5.41) is 23.0. The Balaban J connectivity index is 1.58. The molecule has 1 fully saturated rings. The highest BCUT2D eigenvalue weighted by molar-refractivity contribution is 5.82. The van der Waals surface area contributed by atoms with Crippen LogP contribution in [0, 0.1) is 0 Å². The van der Waals surface area contributed by atoms with E-state index in [1.165, 1.54) is 5.57 Å². The minimum Gasteiger partial charge on any atom is -0.390 e. The van der Waals surface area contributed by atoms with E-state index in [9.17, 15) is 10.2 Å². The fourth-order valence-electron chi connectivity index (χ4n) is 2.93. The molecular weight excluding hydrogens is 242 g/mol. The van der Waals surface area contributed by atoms with Crippen LogP contribution >= 0.6 is 0 Å². The molecule has 0 aromatic heterocycles. The zero-order chi connectivity index (χ0) is 13.2. The van der Waals surface area contributed by atoms with E-state index >= 15 is 0 Å². The summed E-state index contributed by atoms with van der Waals surface area (Å²) in [7, 11) is 0. The van der Waals surface area contributed by atoms with Gasteiger partial charge in [0, 0.05) is 13.1 Å². The second kappa shape index (κ2) is 5.35. The lowest BCUT2D eigenvalue weighted by atomic mass is 9.97. The van der Waals surface area contributed by atoms with Crippen molar-refractivity contribution in [1.82, 2.24) is 10.2 Å². The highest BCUT2D eigenvalue weighted by Gasteiger charge is 2.40. The van der Waals surface area contributed by atoms with E-state index in [1.807, 2.05) is 0 Å². The van der Waals surface area contributed by atoms with Gasteiger partial charge in [0.25, 0.3) is 0 Å². The van der Waals surface area contributed by atoms with Gasteiger partial charge in [-0.1, -0.05) is 18.2 Å². The Kier molecular flexibility index (Phi) is 3.57. The van der Waals surface area contributed by atoms with Gasteiger partial charge in [0.1, 0.15) is 6.10 Å². The number of nitrogens with zero attached hydrogens (tertiary/aromatic N) is 2. The van der Waals surface area contributed by atoms with Crippen LogP contribution in [-0.2, 0) is 0 Å². The Morgan fingerprint density at radius 2 is 2.26 bits per heavy atom. The number of fused-ring (bicyclic) bond motifs is 1. The lowest BCUT2D eigenvalue weighted by Gasteiger charge is -2.38. The van der Waals surface area contributed by atoms with E-state index in [0.717, 1.165) is 31.9 Å². The topological polar surface area (TPSA) is 68.1 Å². The molecule has 0 radical (unpaired) electrons. The summed E-state index contributed by atoms with van der Waals surface area (Å²) in [4.78, 5) is 6.55. The maximum Gasteiger partial charge on any atom is 0.194 e. The third-order valence-electron chi connectivity index (χ3n) is 4.08. The van der Waals surface area contributed by atoms with Crippen molar-refractivity contribution in [3.63, 3.8) is 0 Å². The molecule has 0 saturated carbocycles. The molecule has 5 heteroatoms. The highest BCUT2D eigenvalue weighted by Crippen LogP contribution is 2.22. The van der Waals surface area contributed by atoms with E-state index < -0.39 is 12.2 Å². The van der Waals surface area contributed by atoms with Gasteiger partial charge in [-0.3, -0.25) is 4.99 Å². The average molecular weight is 263 g/mol. The number of aliphatic imine (C=N–C) groups is 1. The molecular formula is C14H21N3O2. The standard InChI is InChI=1S/C14H21N3O2/c18-12-6-7-17-11(13(12)19)9-16-14(17)15-8-10-4-2-1-3-5-10/h2,4-5,11-13,18-19H,1,3,6-9H2,(H,15,16). The zero-order valence-electron chi connectivity index (χ0n) is 11.0. The van der Waals surface area contributed by atoms with Crippen molar-refractivity contribution in [1.29, 1.82) is 0 Å². The molecule has 2 heterocycles. The molecule has 3 atom stereocenters. The van der Waals surface area contributed by atoms with Crippen LogP contribution in [0.4, 0.5) is 0 Å². The van der Waals surface area contributed by atoms with Crippen molar-refractivity contribution in [2.24, 2.45) is 4.99 Å². The molecule has 3 unspecified atom stereocenters. The molecule has 0 bridgehead atoms. The summed E-state index contributed by atoms with van der Waals surface area (Å²) in [5.74, 6) is 0.857. The number of piperidine rings is 1. The van der Waals surface area contributed by atoms with Crippen molar-refractivity contribution in [3.05, 3.63) is 23.8 Å². The number of rotatable bonds is 2. The van der Waals surface area contributed by atoms with Crippen molar-refractivity contribution in [2.75, 3.05) is 19.6 Å². The van der Waals surface area contributed by atoms with E-state index in [1.54, 1.807) is 0 Å². The van der Waals surface area contributed by atoms with Gasteiger partial charge in [-0.2, -0.15) is 0 Å². The van der Waals surface area contributed by atoms with Crippen molar-refractivity contribution < 1.29 is 10.2 Å². The Morgan fingerprint density at radius 1 is 1.37 bits per heavy atom. The summed E-state index contributed by atoms with van der Waals surface area (Å²) in [6, 6.07) is -0.0675. The van der Waals surface area contributed by atoms with Crippen LogP contribution in [0.1, 0.15) is 19.3 Å². The molecule has 0 amide bonds. The van der Waals surface area contributed by atoms with Crippen LogP contribution in [0.5, 0.6) is 0 Å². The van der Waals surface area contributed by atoms with Gasteiger partial charge in [-0.05, 0) is 24.8 Å². The summed E-state index contributed by atoms with van der Waals surface area (Å²) >= 11 is 0. The van der Waals surface area contributed by atoms with E-state index in [2.05, 4.69) is 33.4 Å². The molecule has 5 nitrogen and oxygen atoms in total. The fraction of sp³-hybridized carbons (Fsp3) is 0.643. The van der Waals surface area contributed by atoms with Crippen molar-refractivity contribution >= 4 is 5.96 Å². The predicted molar refractivity (Wildman–Crippen MR) is 73.9 cm³/mol. The smallest absolute Gasteiger partial charge is 0.194 e. The number of hydrogen-bond donors (Lipinski definition) is 3. The largest absolute Gasteiger partial charge is 0.390 e. The normalized spacial score (nSPS) is 33.8. The number of hydrogen-bond acceptors (Lipinski definition) is 5. The molecule has 19 heavy (non-hydrogen) atoms. The van der Waals surface area contributed by atoms with E-state index in [0.29, 0.717) is 13.0 Å². The molecule has 0 aromatic carbocycles.